The molecule has 1 saturated heterocycles. The molecule has 16 heavy (non-hydrogen) atoms. The molecule has 92 valence electrons. The molecule has 1 unspecified atom stereocenters. The fourth-order valence-corrected chi connectivity index (χ4v) is 1.90. The molecule has 0 aromatic heterocycles. The molecule has 1 aliphatic heterocycles. The zero-order valence-corrected chi connectivity index (χ0v) is 10.0. The van der Waals surface area contributed by atoms with Crippen molar-refractivity contribution in [3.05, 3.63) is 0 Å². The minimum Gasteiger partial charge on any atom is -0.469 e. The summed E-state index contributed by atoms with van der Waals surface area (Å²) in [6.45, 7) is 5.90. The van der Waals surface area contributed by atoms with Crippen molar-refractivity contribution in [2.45, 2.75) is 13.3 Å². The highest BCUT2D eigenvalue weighted by Gasteiger charge is 2.23. The standard InChI is InChI=1S/C11H20N2O3/c1-3-10(11(15)16-2)8-12-4-6-13(9-14)7-5-12/h9-10H,3-8H2,1-2H3. The maximum Gasteiger partial charge on any atom is 0.309 e. The van der Waals surface area contributed by atoms with Crippen molar-refractivity contribution in [3.63, 3.8) is 0 Å². The van der Waals surface area contributed by atoms with E-state index in [1.807, 2.05) is 6.92 Å². The van der Waals surface area contributed by atoms with E-state index in [9.17, 15) is 9.59 Å². The second kappa shape index (κ2) is 6.48. The molecule has 1 amide bonds. The number of hydrogen-bond acceptors (Lipinski definition) is 4. The molecule has 0 N–H and O–H groups in total. The molecule has 1 rings (SSSR count). The minimum absolute atomic E-state index is 0.0484. The molecular weight excluding hydrogens is 208 g/mol. The molecule has 0 saturated carbocycles. The molecule has 1 fully saturated rings. The van der Waals surface area contributed by atoms with Crippen molar-refractivity contribution in [1.82, 2.24) is 9.80 Å². The van der Waals surface area contributed by atoms with Crippen molar-refractivity contribution in [2.75, 3.05) is 39.8 Å². The zero-order valence-electron chi connectivity index (χ0n) is 10.0. The lowest BCUT2D eigenvalue weighted by Gasteiger charge is -2.33. The van der Waals surface area contributed by atoms with E-state index in [1.165, 1.54) is 7.11 Å². The summed E-state index contributed by atoms with van der Waals surface area (Å²) in [4.78, 5) is 25.9. The summed E-state index contributed by atoms with van der Waals surface area (Å²) in [5.74, 6) is -0.187. The van der Waals surface area contributed by atoms with E-state index in [4.69, 9.17) is 4.74 Å². The van der Waals surface area contributed by atoms with E-state index in [1.54, 1.807) is 4.90 Å². The van der Waals surface area contributed by atoms with Crippen LogP contribution in [0.5, 0.6) is 0 Å². The molecule has 0 aromatic carbocycles. The third-order valence-corrected chi connectivity index (χ3v) is 3.06. The van der Waals surface area contributed by atoms with E-state index in [2.05, 4.69) is 4.90 Å². The number of rotatable bonds is 5. The molecule has 5 nitrogen and oxygen atoms in total. The topological polar surface area (TPSA) is 49.9 Å². The number of amides is 1. The number of carbonyl (C=O) groups excluding carboxylic acids is 2. The molecule has 1 aliphatic rings. The maximum atomic E-state index is 11.4. The smallest absolute Gasteiger partial charge is 0.309 e. The van der Waals surface area contributed by atoms with Gasteiger partial charge in [-0.05, 0) is 6.42 Å². The largest absolute Gasteiger partial charge is 0.469 e. The van der Waals surface area contributed by atoms with Gasteiger partial charge in [0.2, 0.25) is 6.41 Å². The number of methoxy groups -OCH3 is 1. The lowest BCUT2D eigenvalue weighted by Crippen LogP contribution is -2.47. The Kier molecular flexibility index (Phi) is 5.25. The third kappa shape index (κ3) is 3.48. The number of esters is 1. The lowest BCUT2D eigenvalue weighted by atomic mass is 10.1. The van der Waals surface area contributed by atoms with E-state index < -0.39 is 0 Å². The normalized spacial score (nSPS) is 19.2. The summed E-state index contributed by atoms with van der Waals surface area (Å²) in [6, 6.07) is 0. The molecule has 1 atom stereocenters. The molecule has 0 aromatic rings. The van der Waals surface area contributed by atoms with Crippen molar-refractivity contribution in [2.24, 2.45) is 5.92 Å². The van der Waals surface area contributed by atoms with Crippen LogP contribution in [0, 0.1) is 5.92 Å². The number of piperazine rings is 1. The Hall–Kier alpha value is -1.10. The van der Waals surface area contributed by atoms with Crippen molar-refractivity contribution in [3.8, 4) is 0 Å². The van der Waals surface area contributed by atoms with Crippen LogP contribution < -0.4 is 0 Å². The van der Waals surface area contributed by atoms with E-state index in [0.29, 0.717) is 0 Å². The summed E-state index contributed by atoms with van der Waals surface area (Å²) in [6.07, 6.45) is 1.68. The first-order valence-corrected chi connectivity index (χ1v) is 5.70. The van der Waals surface area contributed by atoms with Gasteiger partial charge in [0.1, 0.15) is 0 Å². The van der Waals surface area contributed by atoms with E-state index in [0.717, 1.165) is 45.6 Å². The fraction of sp³-hybridized carbons (Fsp3) is 0.818. The lowest BCUT2D eigenvalue weighted by molar-refractivity contribution is -0.146. The Bertz CT molecular complexity index is 237. The van der Waals surface area contributed by atoms with Gasteiger partial charge in [-0.3, -0.25) is 14.5 Å². The molecule has 0 bridgehead atoms. The third-order valence-electron chi connectivity index (χ3n) is 3.06. The van der Waals surface area contributed by atoms with Crippen LogP contribution in [0.25, 0.3) is 0 Å². The first-order chi connectivity index (χ1) is 7.71. The number of carbonyl (C=O) groups is 2. The molecule has 5 heteroatoms. The second-order valence-corrected chi connectivity index (χ2v) is 4.07. The molecule has 0 aliphatic carbocycles. The SMILES string of the molecule is CCC(CN1CCN(C=O)CC1)C(=O)OC. The highest BCUT2D eigenvalue weighted by molar-refractivity contribution is 5.72. The van der Waals surface area contributed by atoms with Gasteiger partial charge in [-0.15, -0.1) is 0 Å². The molecular formula is C11H20N2O3. The fourth-order valence-electron chi connectivity index (χ4n) is 1.90. The van der Waals surface area contributed by atoms with Crippen molar-refractivity contribution in [1.29, 1.82) is 0 Å². The predicted octanol–water partition coefficient (Wildman–Crippen LogP) is -0.0404. The minimum atomic E-state index is -0.139. The summed E-state index contributed by atoms with van der Waals surface area (Å²) in [5, 5.41) is 0. The van der Waals surface area contributed by atoms with Gasteiger partial charge < -0.3 is 9.64 Å². The van der Waals surface area contributed by atoms with Crippen LogP contribution >= 0.6 is 0 Å². The van der Waals surface area contributed by atoms with Gasteiger partial charge in [-0.25, -0.2) is 0 Å². The van der Waals surface area contributed by atoms with Crippen molar-refractivity contribution >= 4 is 12.4 Å². The summed E-state index contributed by atoms with van der Waals surface area (Å²) in [5.41, 5.74) is 0. The second-order valence-electron chi connectivity index (χ2n) is 4.07. The van der Waals surface area contributed by atoms with E-state index in [-0.39, 0.29) is 11.9 Å². The molecule has 0 radical (unpaired) electrons. The van der Waals surface area contributed by atoms with Crippen LogP contribution in [0.4, 0.5) is 0 Å². The average molecular weight is 228 g/mol. The van der Waals surface area contributed by atoms with Crippen molar-refractivity contribution < 1.29 is 14.3 Å². The van der Waals surface area contributed by atoms with Crippen LogP contribution in [-0.4, -0.2) is 62.0 Å². The summed E-state index contributed by atoms with van der Waals surface area (Å²) < 4.78 is 4.75. The van der Waals surface area contributed by atoms with Gasteiger partial charge in [0, 0.05) is 32.7 Å². The van der Waals surface area contributed by atoms with Crippen LogP contribution in [0.1, 0.15) is 13.3 Å². The zero-order chi connectivity index (χ0) is 12.0. The quantitative estimate of drug-likeness (QED) is 0.489. The van der Waals surface area contributed by atoms with E-state index >= 15 is 0 Å². The van der Waals surface area contributed by atoms with Crippen LogP contribution in [0.3, 0.4) is 0 Å². The Morgan fingerprint density at radius 1 is 1.38 bits per heavy atom. The Balaban J connectivity index is 2.36. The van der Waals surface area contributed by atoms with Gasteiger partial charge in [-0.1, -0.05) is 6.92 Å². The Morgan fingerprint density at radius 2 is 2.00 bits per heavy atom. The highest BCUT2D eigenvalue weighted by Crippen LogP contribution is 2.09. The van der Waals surface area contributed by atoms with Crippen LogP contribution in [0.2, 0.25) is 0 Å². The number of ether oxygens (including phenoxy) is 1. The molecule has 1 heterocycles. The Labute approximate surface area is 96.3 Å². The Morgan fingerprint density at radius 3 is 2.44 bits per heavy atom. The number of nitrogens with zero attached hydrogens (tertiary/aromatic N) is 2. The maximum absolute atomic E-state index is 11.4. The first kappa shape index (κ1) is 13.0. The van der Waals surface area contributed by atoms with Gasteiger partial charge >= 0.3 is 5.97 Å². The first-order valence-electron chi connectivity index (χ1n) is 5.70. The summed E-state index contributed by atoms with van der Waals surface area (Å²) >= 11 is 0. The van der Waals surface area contributed by atoms with Gasteiger partial charge in [0.05, 0.1) is 13.0 Å². The van der Waals surface area contributed by atoms with Crippen LogP contribution in [-0.2, 0) is 14.3 Å². The van der Waals surface area contributed by atoms with Gasteiger partial charge in [0.25, 0.3) is 0 Å². The van der Waals surface area contributed by atoms with Crippen LogP contribution in [0.15, 0.2) is 0 Å². The summed E-state index contributed by atoms with van der Waals surface area (Å²) in [7, 11) is 1.43. The van der Waals surface area contributed by atoms with Gasteiger partial charge in [-0.2, -0.15) is 0 Å². The monoisotopic (exact) mass is 228 g/mol. The highest BCUT2D eigenvalue weighted by atomic mass is 16.5. The van der Waals surface area contributed by atoms with Gasteiger partial charge in [0.15, 0.2) is 0 Å². The predicted molar refractivity (Wildman–Crippen MR) is 59.9 cm³/mol. The average Bonchev–Trinajstić information content (AvgIpc) is 2.35. The number of hydrogen-bond donors (Lipinski definition) is 0. The molecule has 0 spiro atoms.